The van der Waals surface area contributed by atoms with Crippen LogP contribution in [0.3, 0.4) is 0 Å². The molecule has 0 fully saturated rings. The van der Waals surface area contributed by atoms with Crippen LogP contribution in [0.4, 0.5) is 0 Å². The van der Waals surface area contributed by atoms with Gasteiger partial charge in [0.05, 0.1) is 19.3 Å². The lowest BCUT2D eigenvalue weighted by molar-refractivity contribution is -0.140. The molecule has 0 aromatic rings. The van der Waals surface area contributed by atoms with Crippen LogP contribution < -0.4 is 0 Å². The van der Waals surface area contributed by atoms with Crippen molar-refractivity contribution in [3.63, 3.8) is 0 Å². The van der Waals surface area contributed by atoms with Crippen LogP contribution in [0, 0.1) is 5.92 Å². The van der Waals surface area contributed by atoms with E-state index < -0.39 is 9.76 Å². The number of carbonyl (C=O) groups excluding carboxylic acids is 1. The molecule has 5 heteroatoms. The van der Waals surface area contributed by atoms with Crippen molar-refractivity contribution in [3.8, 4) is 0 Å². The number of carbonyl (C=O) groups is 1. The maximum atomic E-state index is 11.0. The fraction of sp³-hybridized carbons (Fsp3) is 0.842. The number of esters is 1. The molecule has 1 aliphatic carbocycles. The molecule has 1 N–H and O–H groups in total. The van der Waals surface area contributed by atoms with Crippen molar-refractivity contribution in [2.45, 2.75) is 89.9 Å². The lowest BCUT2D eigenvalue weighted by Gasteiger charge is -2.29. The standard InChI is InChI=1S/C19H36O4Si/c1-14(2)19(3,4)24-23-16-12-15(17(20)13-16)10-8-6-7-9-11-18(21)22-5/h12,14,16-17,20H,6-11,13,24H2,1-5H3. The molecule has 2 unspecified atom stereocenters. The molecule has 0 heterocycles. The average molecular weight is 357 g/mol. The van der Waals surface area contributed by atoms with Gasteiger partial charge in [-0.15, -0.1) is 0 Å². The molecule has 0 saturated carbocycles. The summed E-state index contributed by atoms with van der Waals surface area (Å²) in [5.41, 5.74) is 1.14. The summed E-state index contributed by atoms with van der Waals surface area (Å²) in [6.45, 7) is 9.07. The Morgan fingerprint density at radius 2 is 2.00 bits per heavy atom. The Morgan fingerprint density at radius 1 is 1.33 bits per heavy atom. The normalized spacial score (nSPS) is 21.7. The first-order chi connectivity index (χ1) is 11.3. The topological polar surface area (TPSA) is 55.8 Å². The maximum Gasteiger partial charge on any atom is 0.305 e. The zero-order chi connectivity index (χ0) is 18.2. The summed E-state index contributed by atoms with van der Waals surface area (Å²) < 4.78 is 10.8. The van der Waals surface area contributed by atoms with Crippen LogP contribution in [0.5, 0.6) is 0 Å². The van der Waals surface area contributed by atoms with Gasteiger partial charge in [-0.05, 0) is 35.8 Å². The highest BCUT2D eigenvalue weighted by Crippen LogP contribution is 2.34. The Balaban J connectivity index is 2.24. The monoisotopic (exact) mass is 356 g/mol. The van der Waals surface area contributed by atoms with Crippen LogP contribution in [0.1, 0.15) is 72.6 Å². The predicted molar refractivity (Wildman–Crippen MR) is 101 cm³/mol. The molecule has 140 valence electrons. The minimum Gasteiger partial charge on any atom is -0.469 e. The molecule has 0 aliphatic heterocycles. The van der Waals surface area contributed by atoms with Crippen molar-refractivity contribution in [1.29, 1.82) is 0 Å². The SMILES string of the molecule is COC(=O)CCCCCCC1=CC(O[SiH2]C(C)(C)C(C)C)CC1O. The van der Waals surface area contributed by atoms with Crippen LogP contribution >= 0.6 is 0 Å². The third-order valence-corrected chi connectivity index (χ3v) is 7.50. The summed E-state index contributed by atoms with van der Waals surface area (Å²) in [7, 11) is 0.807. The van der Waals surface area contributed by atoms with Crippen LogP contribution in [-0.4, -0.2) is 40.2 Å². The van der Waals surface area contributed by atoms with Gasteiger partial charge in [0.15, 0.2) is 9.76 Å². The zero-order valence-corrected chi connectivity index (χ0v) is 17.6. The molecular weight excluding hydrogens is 320 g/mol. The lowest BCUT2D eigenvalue weighted by atomic mass is 9.99. The van der Waals surface area contributed by atoms with E-state index >= 15 is 0 Å². The summed E-state index contributed by atoms with van der Waals surface area (Å²) in [6.07, 6.45) is 8.17. The third kappa shape index (κ3) is 7.49. The summed E-state index contributed by atoms with van der Waals surface area (Å²) in [6, 6.07) is 0. The Bertz CT molecular complexity index is 418. The van der Waals surface area contributed by atoms with Gasteiger partial charge in [0.25, 0.3) is 0 Å². The van der Waals surface area contributed by atoms with Crippen molar-refractivity contribution >= 4 is 15.7 Å². The van der Waals surface area contributed by atoms with Gasteiger partial charge in [0.1, 0.15) is 0 Å². The molecule has 1 rings (SSSR count). The van der Waals surface area contributed by atoms with Crippen LogP contribution in [0.25, 0.3) is 0 Å². The van der Waals surface area contributed by atoms with Crippen molar-refractivity contribution in [3.05, 3.63) is 11.6 Å². The largest absolute Gasteiger partial charge is 0.469 e. The van der Waals surface area contributed by atoms with E-state index in [1.165, 1.54) is 7.11 Å². The molecule has 1 aliphatic rings. The van der Waals surface area contributed by atoms with Crippen LogP contribution in [0.2, 0.25) is 5.04 Å². The van der Waals surface area contributed by atoms with Gasteiger partial charge in [-0.2, -0.15) is 0 Å². The summed E-state index contributed by atoms with van der Waals surface area (Å²) in [4.78, 5) is 11.0. The van der Waals surface area contributed by atoms with E-state index in [1.54, 1.807) is 0 Å². The van der Waals surface area contributed by atoms with Crippen LogP contribution in [0.15, 0.2) is 11.6 Å². The van der Waals surface area contributed by atoms with Gasteiger partial charge in [0, 0.05) is 12.8 Å². The molecule has 0 radical (unpaired) electrons. The van der Waals surface area contributed by atoms with Gasteiger partial charge >= 0.3 is 5.97 Å². The number of methoxy groups -OCH3 is 1. The quantitative estimate of drug-likeness (QED) is 0.266. The van der Waals surface area contributed by atoms with E-state index in [0.29, 0.717) is 17.4 Å². The highest BCUT2D eigenvalue weighted by molar-refractivity contribution is 6.32. The van der Waals surface area contributed by atoms with Gasteiger partial charge in [-0.25, -0.2) is 0 Å². The smallest absolute Gasteiger partial charge is 0.305 e. The number of unbranched alkanes of at least 4 members (excludes halogenated alkanes) is 3. The van der Waals surface area contributed by atoms with Crippen LogP contribution in [-0.2, 0) is 14.0 Å². The molecule has 0 amide bonds. The third-order valence-electron chi connectivity index (χ3n) is 5.34. The molecule has 4 nitrogen and oxygen atoms in total. The number of ether oxygens (including phenoxy) is 1. The predicted octanol–water partition coefficient (Wildman–Crippen LogP) is 3.51. The molecule has 0 spiro atoms. The number of aliphatic hydroxyl groups excluding tert-OH is 1. The van der Waals surface area contributed by atoms with Crippen molar-refractivity contribution in [1.82, 2.24) is 0 Å². The minimum atomic E-state index is -0.623. The second kappa shape index (κ2) is 10.4. The van der Waals surface area contributed by atoms with E-state index in [-0.39, 0.29) is 18.2 Å². The maximum absolute atomic E-state index is 11.0. The Morgan fingerprint density at radius 3 is 2.62 bits per heavy atom. The van der Waals surface area contributed by atoms with Gasteiger partial charge in [0.2, 0.25) is 0 Å². The summed E-state index contributed by atoms with van der Waals surface area (Å²) >= 11 is 0. The second-order valence-corrected chi connectivity index (χ2v) is 10.4. The first-order valence-electron chi connectivity index (χ1n) is 9.33. The van der Waals surface area contributed by atoms with Crippen molar-refractivity contribution in [2.75, 3.05) is 7.11 Å². The first-order valence-corrected chi connectivity index (χ1v) is 10.6. The van der Waals surface area contributed by atoms with E-state index in [9.17, 15) is 9.90 Å². The highest BCUT2D eigenvalue weighted by atomic mass is 28.2. The summed E-state index contributed by atoms with van der Waals surface area (Å²) in [5, 5.41) is 10.5. The molecule has 0 bridgehead atoms. The fourth-order valence-electron chi connectivity index (χ4n) is 2.70. The molecule has 24 heavy (non-hydrogen) atoms. The van der Waals surface area contributed by atoms with Gasteiger partial charge < -0.3 is 14.3 Å². The van der Waals surface area contributed by atoms with E-state index in [0.717, 1.165) is 44.1 Å². The zero-order valence-electron chi connectivity index (χ0n) is 16.1. The van der Waals surface area contributed by atoms with E-state index in [2.05, 4.69) is 38.5 Å². The van der Waals surface area contributed by atoms with Gasteiger partial charge in [-0.3, -0.25) is 4.79 Å². The summed E-state index contributed by atoms with van der Waals surface area (Å²) in [5.74, 6) is 0.501. The highest BCUT2D eigenvalue weighted by Gasteiger charge is 2.29. The fourth-order valence-corrected chi connectivity index (χ4v) is 3.91. The molecule has 2 atom stereocenters. The first kappa shape index (κ1) is 21.4. The minimum absolute atomic E-state index is 0.110. The van der Waals surface area contributed by atoms with E-state index in [4.69, 9.17) is 4.43 Å². The molecule has 0 aromatic heterocycles. The van der Waals surface area contributed by atoms with Crippen molar-refractivity contribution in [2.24, 2.45) is 5.92 Å². The van der Waals surface area contributed by atoms with Gasteiger partial charge in [-0.1, -0.05) is 46.6 Å². The number of hydrogen-bond acceptors (Lipinski definition) is 4. The Hall–Kier alpha value is -0.653. The molecular formula is C19H36O4Si. The lowest BCUT2D eigenvalue weighted by Crippen LogP contribution is -2.25. The number of aliphatic hydroxyl groups is 1. The van der Waals surface area contributed by atoms with Crippen molar-refractivity contribution < 1.29 is 19.1 Å². The number of hydrogen-bond donors (Lipinski definition) is 1. The Labute approximate surface area is 149 Å². The number of rotatable bonds is 11. The molecule has 0 aromatic carbocycles. The average Bonchev–Trinajstić information content (AvgIpc) is 2.88. The molecule has 0 saturated heterocycles. The van der Waals surface area contributed by atoms with E-state index in [1.807, 2.05) is 0 Å². The second-order valence-electron chi connectivity index (χ2n) is 7.98. The Kier molecular flexibility index (Phi) is 9.24.